The van der Waals surface area contributed by atoms with Crippen molar-refractivity contribution >= 4 is 35.8 Å². The van der Waals surface area contributed by atoms with Crippen LogP contribution in [-0.2, 0) is 24.4 Å². The van der Waals surface area contributed by atoms with Gasteiger partial charge in [0, 0.05) is 32.7 Å². The molecule has 7 heteroatoms. The SMILES string of the molecule is CCNC(=NCc1cccc(COC(C)(C)C)c1)NCc1ccc(C(=O)N(C)C)cc1.I. The predicted octanol–water partition coefficient (Wildman–Crippen LogP) is 4.58. The van der Waals surface area contributed by atoms with Gasteiger partial charge in [0.15, 0.2) is 5.96 Å². The first kappa shape index (κ1) is 27.9. The molecule has 0 radical (unpaired) electrons. The third kappa shape index (κ3) is 9.99. The van der Waals surface area contributed by atoms with E-state index in [1.54, 1.807) is 19.0 Å². The molecule has 32 heavy (non-hydrogen) atoms. The average molecular weight is 553 g/mol. The topological polar surface area (TPSA) is 66.0 Å². The van der Waals surface area contributed by atoms with Gasteiger partial charge in [0.25, 0.3) is 5.91 Å². The molecular formula is C25H37IN4O2. The van der Waals surface area contributed by atoms with Gasteiger partial charge in [-0.15, -0.1) is 24.0 Å². The highest BCUT2D eigenvalue weighted by Gasteiger charge is 2.10. The molecule has 0 aromatic heterocycles. The lowest BCUT2D eigenvalue weighted by atomic mass is 10.1. The molecule has 0 saturated heterocycles. The Morgan fingerprint density at radius 3 is 2.25 bits per heavy atom. The maximum absolute atomic E-state index is 12.0. The summed E-state index contributed by atoms with van der Waals surface area (Å²) in [5.74, 6) is 0.761. The first-order valence-electron chi connectivity index (χ1n) is 10.7. The van der Waals surface area contributed by atoms with Gasteiger partial charge in [-0.2, -0.15) is 0 Å². The number of guanidine groups is 1. The molecule has 0 heterocycles. The average Bonchev–Trinajstić information content (AvgIpc) is 2.74. The van der Waals surface area contributed by atoms with Gasteiger partial charge in [0.2, 0.25) is 0 Å². The Morgan fingerprint density at radius 1 is 1.00 bits per heavy atom. The second-order valence-electron chi connectivity index (χ2n) is 8.67. The summed E-state index contributed by atoms with van der Waals surface area (Å²) < 4.78 is 5.87. The normalized spacial score (nSPS) is 11.5. The fourth-order valence-electron chi connectivity index (χ4n) is 2.84. The molecule has 0 spiro atoms. The molecule has 6 nitrogen and oxygen atoms in total. The van der Waals surface area contributed by atoms with E-state index in [1.165, 1.54) is 0 Å². The van der Waals surface area contributed by atoms with Crippen molar-refractivity contribution < 1.29 is 9.53 Å². The Kier molecular flexibility index (Phi) is 11.7. The monoisotopic (exact) mass is 552 g/mol. The van der Waals surface area contributed by atoms with Crippen LogP contribution in [0.15, 0.2) is 53.5 Å². The molecule has 0 aliphatic carbocycles. The number of amides is 1. The summed E-state index contributed by atoms with van der Waals surface area (Å²) >= 11 is 0. The van der Waals surface area contributed by atoms with Crippen molar-refractivity contribution in [2.24, 2.45) is 4.99 Å². The molecule has 0 atom stereocenters. The Bertz CT molecular complexity index is 874. The second-order valence-corrected chi connectivity index (χ2v) is 8.67. The van der Waals surface area contributed by atoms with Crippen LogP contribution in [0, 0.1) is 0 Å². The molecule has 2 N–H and O–H groups in total. The molecule has 2 aromatic carbocycles. The zero-order chi connectivity index (χ0) is 22.9. The minimum absolute atomic E-state index is 0. The first-order chi connectivity index (χ1) is 14.7. The van der Waals surface area contributed by atoms with Crippen LogP contribution in [0.1, 0.15) is 54.7 Å². The molecule has 0 unspecified atom stereocenters. The van der Waals surface area contributed by atoms with E-state index in [2.05, 4.69) is 49.6 Å². The number of ether oxygens (including phenoxy) is 1. The standard InChI is InChI=1S/C25H36N4O2.HI/c1-7-26-24(27-16-19-11-13-22(14-12-19)23(30)29(5)6)28-17-20-9-8-10-21(15-20)18-31-25(2,3)4;/h8-15H,7,16-18H2,1-6H3,(H2,26,27,28);1H. The lowest BCUT2D eigenvalue weighted by Gasteiger charge is -2.19. The van der Waals surface area contributed by atoms with Crippen LogP contribution in [-0.4, -0.2) is 43.0 Å². The van der Waals surface area contributed by atoms with Crippen molar-refractivity contribution in [3.05, 3.63) is 70.8 Å². The summed E-state index contributed by atoms with van der Waals surface area (Å²) in [5.41, 5.74) is 3.90. The maximum atomic E-state index is 12.0. The Hall–Kier alpha value is -2.13. The summed E-state index contributed by atoms with van der Waals surface area (Å²) in [4.78, 5) is 18.3. The number of aliphatic imine (C=N–C) groups is 1. The number of rotatable bonds is 8. The highest BCUT2D eigenvalue weighted by molar-refractivity contribution is 14.0. The van der Waals surface area contributed by atoms with Gasteiger partial charge >= 0.3 is 0 Å². The number of hydrogen-bond acceptors (Lipinski definition) is 3. The highest BCUT2D eigenvalue weighted by atomic mass is 127. The van der Waals surface area contributed by atoms with Crippen molar-refractivity contribution in [1.82, 2.24) is 15.5 Å². The number of halogens is 1. The van der Waals surface area contributed by atoms with Crippen LogP contribution < -0.4 is 10.6 Å². The van der Waals surface area contributed by atoms with E-state index in [-0.39, 0.29) is 35.5 Å². The summed E-state index contributed by atoms with van der Waals surface area (Å²) in [6.45, 7) is 10.8. The lowest BCUT2D eigenvalue weighted by Crippen LogP contribution is -2.36. The molecule has 0 aliphatic heterocycles. The second kappa shape index (κ2) is 13.4. The number of hydrogen-bond donors (Lipinski definition) is 2. The molecule has 0 saturated carbocycles. The molecule has 2 rings (SSSR count). The van der Waals surface area contributed by atoms with Gasteiger partial charge in [-0.05, 0) is 56.5 Å². The predicted molar refractivity (Wildman–Crippen MR) is 143 cm³/mol. The molecule has 176 valence electrons. The van der Waals surface area contributed by atoms with E-state index in [0.29, 0.717) is 25.3 Å². The summed E-state index contributed by atoms with van der Waals surface area (Å²) in [6.07, 6.45) is 0. The number of benzene rings is 2. The number of nitrogens with one attached hydrogen (secondary N) is 2. The van der Waals surface area contributed by atoms with Crippen LogP contribution in [0.2, 0.25) is 0 Å². The van der Waals surface area contributed by atoms with Gasteiger partial charge in [0.1, 0.15) is 0 Å². The molecule has 0 bridgehead atoms. The van der Waals surface area contributed by atoms with E-state index < -0.39 is 0 Å². The minimum Gasteiger partial charge on any atom is -0.371 e. The van der Waals surface area contributed by atoms with E-state index in [4.69, 9.17) is 9.73 Å². The van der Waals surface area contributed by atoms with Crippen molar-refractivity contribution in [2.45, 2.75) is 53.0 Å². The van der Waals surface area contributed by atoms with Crippen molar-refractivity contribution in [3.8, 4) is 0 Å². The summed E-state index contributed by atoms with van der Waals surface area (Å²) in [7, 11) is 3.51. The first-order valence-corrected chi connectivity index (χ1v) is 10.7. The molecular weight excluding hydrogens is 515 g/mol. The van der Waals surface area contributed by atoms with Gasteiger partial charge in [-0.25, -0.2) is 4.99 Å². The van der Waals surface area contributed by atoms with E-state index in [0.717, 1.165) is 29.2 Å². The quantitative estimate of drug-likeness (QED) is 0.286. The van der Waals surface area contributed by atoms with Crippen molar-refractivity contribution in [3.63, 3.8) is 0 Å². The fraction of sp³-hybridized carbons (Fsp3) is 0.440. The maximum Gasteiger partial charge on any atom is 0.253 e. The van der Waals surface area contributed by atoms with Gasteiger partial charge in [0.05, 0.1) is 18.8 Å². The molecule has 0 aliphatic rings. The Balaban J connectivity index is 0.00000512. The number of carbonyl (C=O) groups excluding carboxylic acids is 1. The van der Waals surface area contributed by atoms with Crippen molar-refractivity contribution in [1.29, 1.82) is 0 Å². The Labute approximate surface area is 209 Å². The van der Waals surface area contributed by atoms with Crippen LogP contribution in [0.25, 0.3) is 0 Å². The van der Waals surface area contributed by atoms with Crippen LogP contribution in [0.5, 0.6) is 0 Å². The van der Waals surface area contributed by atoms with Gasteiger partial charge < -0.3 is 20.3 Å². The van der Waals surface area contributed by atoms with Crippen LogP contribution in [0.3, 0.4) is 0 Å². The van der Waals surface area contributed by atoms with E-state index in [1.807, 2.05) is 37.3 Å². The van der Waals surface area contributed by atoms with Crippen LogP contribution in [0.4, 0.5) is 0 Å². The molecule has 0 fully saturated rings. The zero-order valence-corrected chi connectivity index (χ0v) is 22.4. The minimum atomic E-state index is -0.158. The largest absolute Gasteiger partial charge is 0.371 e. The summed E-state index contributed by atoms with van der Waals surface area (Å²) in [5, 5.41) is 6.64. The number of nitrogens with zero attached hydrogens (tertiary/aromatic N) is 2. The van der Waals surface area contributed by atoms with Crippen molar-refractivity contribution in [2.75, 3.05) is 20.6 Å². The molecule has 1 amide bonds. The van der Waals surface area contributed by atoms with Gasteiger partial charge in [-0.1, -0.05) is 36.4 Å². The summed E-state index contributed by atoms with van der Waals surface area (Å²) in [6, 6.07) is 16.0. The third-order valence-corrected chi connectivity index (χ3v) is 4.49. The third-order valence-electron chi connectivity index (χ3n) is 4.49. The zero-order valence-electron chi connectivity index (χ0n) is 20.1. The van der Waals surface area contributed by atoms with E-state index in [9.17, 15) is 4.79 Å². The van der Waals surface area contributed by atoms with Gasteiger partial charge in [-0.3, -0.25) is 4.79 Å². The highest BCUT2D eigenvalue weighted by Crippen LogP contribution is 2.13. The smallest absolute Gasteiger partial charge is 0.253 e. The Morgan fingerprint density at radius 2 is 1.66 bits per heavy atom. The van der Waals surface area contributed by atoms with Crippen LogP contribution >= 0.6 is 24.0 Å². The van der Waals surface area contributed by atoms with E-state index >= 15 is 0 Å². The fourth-order valence-corrected chi connectivity index (χ4v) is 2.84. The lowest BCUT2D eigenvalue weighted by molar-refractivity contribution is -0.0149. The number of carbonyl (C=O) groups is 1. The molecule has 2 aromatic rings.